The summed E-state index contributed by atoms with van der Waals surface area (Å²) in [7, 11) is 1.59. The molecule has 114 valence electrons. The SMILES string of the molecule is COc1cccc(C(C)C(=O)N2CCCC2CC(=O)O)c1. The first-order valence-corrected chi connectivity index (χ1v) is 7.19. The standard InChI is InChI=1S/C16H21NO4/c1-11(12-5-3-7-14(9-12)21-2)16(20)17-8-4-6-13(17)10-15(18)19/h3,5,7,9,11,13H,4,6,8,10H2,1-2H3,(H,18,19). The number of likely N-dealkylation sites (tertiary alicyclic amines) is 1. The fraction of sp³-hybridized carbons (Fsp3) is 0.500. The van der Waals surface area contributed by atoms with Gasteiger partial charge in [0.15, 0.2) is 0 Å². The van der Waals surface area contributed by atoms with Crippen LogP contribution in [0.15, 0.2) is 24.3 Å². The molecule has 1 aromatic carbocycles. The minimum absolute atomic E-state index is 0.00740. The van der Waals surface area contributed by atoms with Gasteiger partial charge in [-0.1, -0.05) is 12.1 Å². The largest absolute Gasteiger partial charge is 0.497 e. The zero-order valence-corrected chi connectivity index (χ0v) is 12.4. The average molecular weight is 291 g/mol. The molecule has 2 unspecified atom stereocenters. The van der Waals surface area contributed by atoms with E-state index in [1.54, 1.807) is 12.0 Å². The molecule has 5 heteroatoms. The molecule has 0 radical (unpaired) electrons. The van der Waals surface area contributed by atoms with Gasteiger partial charge in [-0.2, -0.15) is 0 Å². The molecule has 1 heterocycles. The van der Waals surface area contributed by atoms with Crippen molar-refractivity contribution in [2.45, 2.75) is 38.1 Å². The van der Waals surface area contributed by atoms with E-state index in [2.05, 4.69) is 0 Å². The van der Waals surface area contributed by atoms with Crippen LogP contribution in [0.3, 0.4) is 0 Å². The lowest BCUT2D eigenvalue weighted by atomic mass is 9.98. The highest BCUT2D eigenvalue weighted by molar-refractivity contribution is 5.84. The van der Waals surface area contributed by atoms with Crippen LogP contribution in [0.4, 0.5) is 0 Å². The zero-order chi connectivity index (χ0) is 15.4. The Balaban J connectivity index is 2.12. The number of methoxy groups -OCH3 is 1. The predicted octanol–water partition coefficient (Wildman–Crippen LogP) is 2.26. The molecule has 1 saturated heterocycles. The second-order valence-corrected chi connectivity index (χ2v) is 5.42. The van der Waals surface area contributed by atoms with E-state index in [-0.39, 0.29) is 24.3 Å². The molecule has 1 amide bonds. The number of amides is 1. The van der Waals surface area contributed by atoms with Gasteiger partial charge in [-0.25, -0.2) is 0 Å². The summed E-state index contributed by atoms with van der Waals surface area (Å²) in [6.45, 7) is 2.50. The summed E-state index contributed by atoms with van der Waals surface area (Å²) in [6, 6.07) is 7.27. The van der Waals surface area contributed by atoms with Crippen molar-refractivity contribution in [3.05, 3.63) is 29.8 Å². The van der Waals surface area contributed by atoms with Crippen molar-refractivity contribution in [1.82, 2.24) is 4.90 Å². The summed E-state index contributed by atoms with van der Waals surface area (Å²) in [5, 5.41) is 8.94. The van der Waals surface area contributed by atoms with Crippen molar-refractivity contribution in [3.63, 3.8) is 0 Å². The van der Waals surface area contributed by atoms with Crippen LogP contribution in [-0.2, 0) is 9.59 Å². The third-order valence-electron chi connectivity index (χ3n) is 4.03. The normalized spacial score (nSPS) is 19.3. The number of carboxylic acids is 1. The molecule has 1 fully saturated rings. The number of carbonyl (C=O) groups excluding carboxylic acids is 1. The number of carboxylic acid groups (broad SMARTS) is 1. The third kappa shape index (κ3) is 3.54. The Morgan fingerprint density at radius 1 is 1.48 bits per heavy atom. The van der Waals surface area contributed by atoms with Crippen LogP contribution < -0.4 is 4.74 Å². The molecule has 1 aromatic rings. The Labute approximate surface area is 124 Å². The first-order chi connectivity index (χ1) is 10.0. The Bertz CT molecular complexity index is 529. The maximum atomic E-state index is 12.6. The lowest BCUT2D eigenvalue weighted by Gasteiger charge is -2.27. The topological polar surface area (TPSA) is 66.8 Å². The van der Waals surface area contributed by atoms with Gasteiger partial charge in [-0.15, -0.1) is 0 Å². The Hall–Kier alpha value is -2.04. The number of carbonyl (C=O) groups is 2. The summed E-state index contributed by atoms with van der Waals surface area (Å²) in [4.78, 5) is 25.2. The molecular weight excluding hydrogens is 270 g/mol. The van der Waals surface area contributed by atoms with Crippen molar-refractivity contribution in [2.75, 3.05) is 13.7 Å². The first kappa shape index (κ1) is 15.4. The number of hydrogen-bond donors (Lipinski definition) is 1. The van der Waals surface area contributed by atoms with Crippen LogP contribution in [0.2, 0.25) is 0 Å². The van der Waals surface area contributed by atoms with Crippen LogP contribution in [0.25, 0.3) is 0 Å². The molecule has 21 heavy (non-hydrogen) atoms. The van der Waals surface area contributed by atoms with E-state index in [4.69, 9.17) is 9.84 Å². The van der Waals surface area contributed by atoms with Crippen LogP contribution in [0.5, 0.6) is 5.75 Å². The van der Waals surface area contributed by atoms with Crippen LogP contribution >= 0.6 is 0 Å². The molecule has 0 saturated carbocycles. The van der Waals surface area contributed by atoms with Crippen LogP contribution in [-0.4, -0.2) is 41.6 Å². The van der Waals surface area contributed by atoms with E-state index >= 15 is 0 Å². The van der Waals surface area contributed by atoms with Gasteiger partial charge in [0.05, 0.1) is 19.4 Å². The van der Waals surface area contributed by atoms with E-state index in [1.165, 1.54) is 0 Å². The van der Waals surface area contributed by atoms with Crippen molar-refractivity contribution in [2.24, 2.45) is 0 Å². The lowest BCUT2D eigenvalue weighted by molar-refractivity contribution is -0.140. The Kier molecular flexibility index (Phi) is 4.83. The fourth-order valence-electron chi connectivity index (χ4n) is 2.84. The molecule has 2 rings (SSSR count). The molecule has 5 nitrogen and oxygen atoms in total. The zero-order valence-electron chi connectivity index (χ0n) is 12.4. The predicted molar refractivity (Wildman–Crippen MR) is 78.4 cm³/mol. The molecule has 0 aromatic heterocycles. The van der Waals surface area contributed by atoms with Gasteiger partial charge in [0.1, 0.15) is 5.75 Å². The van der Waals surface area contributed by atoms with Gasteiger partial charge in [-0.3, -0.25) is 9.59 Å². The van der Waals surface area contributed by atoms with Crippen LogP contribution in [0.1, 0.15) is 37.7 Å². The van der Waals surface area contributed by atoms with Crippen molar-refractivity contribution < 1.29 is 19.4 Å². The highest BCUT2D eigenvalue weighted by atomic mass is 16.5. The van der Waals surface area contributed by atoms with E-state index in [0.717, 1.165) is 24.2 Å². The minimum atomic E-state index is -0.853. The summed E-state index contributed by atoms with van der Waals surface area (Å²) in [5.74, 6) is -0.439. The van der Waals surface area contributed by atoms with Gasteiger partial charge < -0.3 is 14.7 Å². The fourth-order valence-corrected chi connectivity index (χ4v) is 2.84. The van der Waals surface area contributed by atoms with E-state index in [0.29, 0.717) is 6.54 Å². The number of nitrogens with zero attached hydrogens (tertiary/aromatic N) is 1. The molecule has 1 N–H and O–H groups in total. The molecule has 0 bridgehead atoms. The maximum absolute atomic E-state index is 12.6. The molecular formula is C16H21NO4. The van der Waals surface area contributed by atoms with Crippen LogP contribution in [0, 0.1) is 0 Å². The smallest absolute Gasteiger partial charge is 0.305 e. The van der Waals surface area contributed by atoms with Gasteiger partial charge in [0.2, 0.25) is 5.91 Å². The molecule has 1 aliphatic rings. The van der Waals surface area contributed by atoms with Gasteiger partial charge in [0, 0.05) is 12.6 Å². The minimum Gasteiger partial charge on any atom is -0.497 e. The number of rotatable bonds is 5. The first-order valence-electron chi connectivity index (χ1n) is 7.19. The number of ether oxygens (including phenoxy) is 1. The summed E-state index contributed by atoms with van der Waals surface area (Å²) >= 11 is 0. The van der Waals surface area contributed by atoms with Gasteiger partial charge >= 0.3 is 5.97 Å². The summed E-state index contributed by atoms with van der Waals surface area (Å²) < 4.78 is 5.18. The quantitative estimate of drug-likeness (QED) is 0.903. The molecule has 2 atom stereocenters. The molecule has 0 spiro atoms. The number of aliphatic carboxylic acids is 1. The average Bonchev–Trinajstić information content (AvgIpc) is 2.93. The Morgan fingerprint density at radius 2 is 2.24 bits per heavy atom. The van der Waals surface area contributed by atoms with Crippen molar-refractivity contribution >= 4 is 11.9 Å². The lowest BCUT2D eigenvalue weighted by Crippen LogP contribution is -2.39. The second-order valence-electron chi connectivity index (χ2n) is 5.42. The van der Waals surface area contributed by atoms with E-state index in [1.807, 2.05) is 31.2 Å². The molecule has 0 aliphatic carbocycles. The number of hydrogen-bond acceptors (Lipinski definition) is 3. The summed E-state index contributed by atoms with van der Waals surface area (Å²) in [5.41, 5.74) is 0.889. The summed E-state index contributed by atoms with van der Waals surface area (Å²) in [6.07, 6.45) is 1.66. The Morgan fingerprint density at radius 3 is 2.90 bits per heavy atom. The van der Waals surface area contributed by atoms with Crippen molar-refractivity contribution in [1.29, 1.82) is 0 Å². The highest BCUT2D eigenvalue weighted by Gasteiger charge is 2.33. The third-order valence-corrected chi connectivity index (χ3v) is 4.03. The molecule has 1 aliphatic heterocycles. The second kappa shape index (κ2) is 6.61. The monoisotopic (exact) mass is 291 g/mol. The van der Waals surface area contributed by atoms with Gasteiger partial charge in [0.25, 0.3) is 0 Å². The maximum Gasteiger partial charge on any atom is 0.305 e. The van der Waals surface area contributed by atoms with Gasteiger partial charge in [-0.05, 0) is 37.5 Å². The van der Waals surface area contributed by atoms with E-state index < -0.39 is 5.97 Å². The number of benzene rings is 1. The highest BCUT2D eigenvalue weighted by Crippen LogP contribution is 2.27. The van der Waals surface area contributed by atoms with E-state index in [9.17, 15) is 9.59 Å². The van der Waals surface area contributed by atoms with Crippen molar-refractivity contribution in [3.8, 4) is 5.75 Å².